The third-order valence-corrected chi connectivity index (χ3v) is 2.48. The fraction of sp³-hybridized carbons (Fsp3) is 0.385. The summed E-state index contributed by atoms with van der Waals surface area (Å²) >= 11 is 0. The predicted molar refractivity (Wildman–Crippen MR) is 65.9 cm³/mol. The van der Waals surface area contributed by atoms with Crippen molar-refractivity contribution in [3.05, 3.63) is 46.4 Å². The molecule has 0 heterocycles. The van der Waals surface area contributed by atoms with E-state index in [4.69, 9.17) is 0 Å². The number of benzene rings is 1. The van der Waals surface area contributed by atoms with Crippen LogP contribution in [-0.4, -0.2) is 10.7 Å². The highest BCUT2D eigenvalue weighted by Gasteiger charge is 2.11. The third kappa shape index (κ3) is 4.34. The van der Waals surface area contributed by atoms with Crippen LogP contribution in [0.1, 0.15) is 43.0 Å². The first-order chi connectivity index (χ1) is 8.15. The topological polar surface area (TPSA) is 60.2 Å². The van der Waals surface area contributed by atoms with Gasteiger partial charge >= 0.3 is 0 Å². The first kappa shape index (κ1) is 13.4. The molecule has 1 radical (unpaired) electrons. The van der Waals surface area contributed by atoms with Gasteiger partial charge in [-0.1, -0.05) is 38.3 Å². The van der Waals surface area contributed by atoms with Crippen molar-refractivity contribution in [2.75, 3.05) is 0 Å². The highest BCUT2D eigenvalue weighted by Crippen LogP contribution is 2.15. The SMILES string of the molecule is CCCCC[CH]C(=O)c1cccc([N+](=O)[O-])c1. The van der Waals surface area contributed by atoms with E-state index in [1.165, 1.54) is 18.2 Å². The smallest absolute Gasteiger partial charge is 0.270 e. The van der Waals surface area contributed by atoms with Crippen LogP contribution in [0.15, 0.2) is 24.3 Å². The van der Waals surface area contributed by atoms with Crippen LogP contribution in [0.2, 0.25) is 0 Å². The molecule has 0 aliphatic rings. The predicted octanol–water partition coefficient (Wildman–Crippen LogP) is 3.56. The molecule has 4 heteroatoms. The van der Waals surface area contributed by atoms with E-state index in [1.807, 2.05) is 0 Å². The molecular formula is C13H16NO3. The van der Waals surface area contributed by atoms with Gasteiger partial charge < -0.3 is 0 Å². The molecule has 0 amide bonds. The second kappa shape index (κ2) is 6.78. The summed E-state index contributed by atoms with van der Waals surface area (Å²) in [7, 11) is 0. The highest BCUT2D eigenvalue weighted by atomic mass is 16.6. The van der Waals surface area contributed by atoms with Crippen LogP contribution >= 0.6 is 0 Å². The van der Waals surface area contributed by atoms with Gasteiger partial charge in [-0.25, -0.2) is 0 Å². The number of hydrogen-bond donors (Lipinski definition) is 0. The number of Topliss-reactive ketones (excluding diaryl/α,β-unsaturated/α-hetero) is 1. The molecule has 1 rings (SSSR count). The standard InChI is InChI=1S/C13H16NO3/c1-2-3-4-5-9-13(15)11-7-6-8-12(10-11)14(16)17/h6-10H,2-5H2,1H3. The molecule has 0 aliphatic heterocycles. The van der Waals surface area contributed by atoms with Crippen molar-refractivity contribution in [1.29, 1.82) is 0 Å². The minimum Gasteiger partial charge on any atom is -0.294 e. The Bertz CT molecular complexity index is 401. The second-order valence-corrected chi connectivity index (χ2v) is 3.87. The van der Waals surface area contributed by atoms with E-state index in [2.05, 4.69) is 6.92 Å². The van der Waals surface area contributed by atoms with Gasteiger partial charge in [-0.2, -0.15) is 0 Å². The van der Waals surface area contributed by atoms with Crippen molar-refractivity contribution in [3.63, 3.8) is 0 Å². The number of rotatable bonds is 7. The average Bonchev–Trinajstić information content (AvgIpc) is 2.34. The summed E-state index contributed by atoms with van der Waals surface area (Å²) in [6.07, 6.45) is 5.53. The lowest BCUT2D eigenvalue weighted by atomic mass is 10.0. The van der Waals surface area contributed by atoms with Crippen LogP contribution in [0.25, 0.3) is 0 Å². The monoisotopic (exact) mass is 234 g/mol. The Balaban J connectivity index is 2.56. The molecule has 0 saturated heterocycles. The van der Waals surface area contributed by atoms with Crippen molar-refractivity contribution in [1.82, 2.24) is 0 Å². The molecule has 1 aromatic rings. The Morgan fingerprint density at radius 3 is 2.82 bits per heavy atom. The molecule has 1 aromatic carbocycles. The number of carbonyl (C=O) groups excluding carboxylic acids is 1. The summed E-state index contributed by atoms with van der Waals surface area (Å²) in [5, 5.41) is 10.6. The van der Waals surface area contributed by atoms with E-state index in [0.29, 0.717) is 5.56 Å². The quantitative estimate of drug-likeness (QED) is 0.313. The van der Waals surface area contributed by atoms with Gasteiger partial charge in [0.25, 0.3) is 5.69 Å². The number of nitro groups is 1. The van der Waals surface area contributed by atoms with E-state index in [9.17, 15) is 14.9 Å². The largest absolute Gasteiger partial charge is 0.294 e. The maximum Gasteiger partial charge on any atom is 0.270 e. The van der Waals surface area contributed by atoms with Gasteiger partial charge in [-0.3, -0.25) is 14.9 Å². The Morgan fingerprint density at radius 1 is 1.41 bits per heavy atom. The van der Waals surface area contributed by atoms with Gasteiger partial charge in [0.2, 0.25) is 0 Å². The zero-order valence-electron chi connectivity index (χ0n) is 9.89. The molecule has 0 N–H and O–H groups in total. The molecular weight excluding hydrogens is 218 g/mol. The molecule has 0 bridgehead atoms. The van der Waals surface area contributed by atoms with Crippen molar-refractivity contribution in [2.45, 2.75) is 32.6 Å². The molecule has 4 nitrogen and oxygen atoms in total. The van der Waals surface area contributed by atoms with E-state index < -0.39 is 4.92 Å². The summed E-state index contributed by atoms with van der Waals surface area (Å²) in [6.45, 7) is 2.10. The lowest BCUT2D eigenvalue weighted by molar-refractivity contribution is -0.384. The molecule has 0 fully saturated rings. The lowest BCUT2D eigenvalue weighted by Gasteiger charge is -2.00. The van der Waals surface area contributed by atoms with Crippen LogP contribution in [0.3, 0.4) is 0 Å². The van der Waals surface area contributed by atoms with Gasteiger partial charge in [0.1, 0.15) is 0 Å². The van der Waals surface area contributed by atoms with Crippen molar-refractivity contribution in [2.24, 2.45) is 0 Å². The van der Waals surface area contributed by atoms with Crippen LogP contribution < -0.4 is 0 Å². The van der Waals surface area contributed by atoms with Gasteiger partial charge in [0.05, 0.1) is 4.92 Å². The number of nitrogens with zero attached hydrogens (tertiary/aromatic N) is 1. The molecule has 0 aromatic heterocycles. The molecule has 0 saturated carbocycles. The summed E-state index contributed by atoms with van der Waals surface area (Å²) < 4.78 is 0. The fourth-order valence-electron chi connectivity index (χ4n) is 1.52. The van der Waals surface area contributed by atoms with Gasteiger partial charge in [-0.15, -0.1) is 0 Å². The number of carbonyl (C=O) groups is 1. The van der Waals surface area contributed by atoms with Gasteiger partial charge in [-0.05, 0) is 6.42 Å². The zero-order valence-corrected chi connectivity index (χ0v) is 9.89. The molecule has 0 unspecified atom stereocenters. The molecule has 0 atom stereocenters. The first-order valence-corrected chi connectivity index (χ1v) is 5.77. The Morgan fingerprint density at radius 2 is 2.18 bits per heavy atom. The normalized spacial score (nSPS) is 10.2. The van der Waals surface area contributed by atoms with Crippen LogP contribution in [-0.2, 0) is 0 Å². The van der Waals surface area contributed by atoms with Gasteiger partial charge in [0, 0.05) is 24.1 Å². The van der Waals surface area contributed by atoms with Crippen LogP contribution in [0.5, 0.6) is 0 Å². The summed E-state index contributed by atoms with van der Waals surface area (Å²) in [6, 6.07) is 5.84. The Kier molecular flexibility index (Phi) is 5.33. The number of unbranched alkanes of at least 4 members (excludes halogenated alkanes) is 3. The van der Waals surface area contributed by atoms with Crippen LogP contribution in [0.4, 0.5) is 5.69 Å². The van der Waals surface area contributed by atoms with E-state index in [-0.39, 0.29) is 11.5 Å². The second-order valence-electron chi connectivity index (χ2n) is 3.87. The van der Waals surface area contributed by atoms with Gasteiger partial charge in [0.15, 0.2) is 5.78 Å². The molecule has 0 spiro atoms. The maximum absolute atomic E-state index is 11.7. The molecule has 0 aliphatic carbocycles. The van der Waals surface area contributed by atoms with E-state index in [0.717, 1.165) is 25.7 Å². The summed E-state index contributed by atoms with van der Waals surface area (Å²) in [5.41, 5.74) is 0.341. The van der Waals surface area contributed by atoms with Crippen molar-refractivity contribution in [3.8, 4) is 0 Å². The molecule has 17 heavy (non-hydrogen) atoms. The maximum atomic E-state index is 11.7. The fourth-order valence-corrected chi connectivity index (χ4v) is 1.52. The molecule has 91 valence electrons. The average molecular weight is 234 g/mol. The van der Waals surface area contributed by atoms with E-state index >= 15 is 0 Å². The van der Waals surface area contributed by atoms with Crippen LogP contribution in [0, 0.1) is 16.5 Å². The highest BCUT2D eigenvalue weighted by molar-refractivity contribution is 6.02. The Hall–Kier alpha value is -1.71. The number of hydrogen-bond acceptors (Lipinski definition) is 3. The third-order valence-electron chi connectivity index (χ3n) is 2.48. The Labute approximate surface area is 101 Å². The van der Waals surface area contributed by atoms with Crippen molar-refractivity contribution < 1.29 is 9.72 Å². The number of ketones is 1. The first-order valence-electron chi connectivity index (χ1n) is 5.77. The summed E-state index contributed by atoms with van der Waals surface area (Å²) in [4.78, 5) is 21.8. The minimum absolute atomic E-state index is 0.0437. The van der Waals surface area contributed by atoms with Crippen molar-refractivity contribution >= 4 is 11.5 Å². The number of nitro benzene ring substituents is 1. The number of non-ortho nitro benzene ring substituents is 1. The lowest BCUT2D eigenvalue weighted by Crippen LogP contribution is -2.00. The van der Waals surface area contributed by atoms with E-state index in [1.54, 1.807) is 12.5 Å². The summed E-state index contributed by atoms with van der Waals surface area (Å²) in [5.74, 6) is -0.134. The zero-order chi connectivity index (χ0) is 12.7. The minimum atomic E-state index is -0.492.